The van der Waals surface area contributed by atoms with E-state index in [-0.39, 0.29) is 5.78 Å². The lowest BCUT2D eigenvalue weighted by atomic mass is 9.98. The molecule has 2 rings (SSSR count). The van der Waals surface area contributed by atoms with E-state index in [1.54, 1.807) is 0 Å². The largest absolute Gasteiger partial charge is 0.294 e. The van der Waals surface area contributed by atoms with E-state index in [9.17, 15) is 4.79 Å². The van der Waals surface area contributed by atoms with Crippen LogP contribution in [0.25, 0.3) is 0 Å². The number of carbonyl (C=O) groups is 1. The van der Waals surface area contributed by atoms with E-state index in [1.807, 2.05) is 19.9 Å². The van der Waals surface area contributed by atoms with Crippen molar-refractivity contribution in [3.63, 3.8) is 0 Å². The molecule has 0 heterocycles. The number of benzene rings is 1. The highest BCUT2D eigenvalue weighted by atomic mass is 16.1. The van der Waals surface area contributed by atoms with Gasteiger partial charge in [-0.05, 0) is 54.9 Å². The Morgan fingerprint density at radius 1 is 1.29 bits per heavy atom. The number of fused-ring (bicyclic) bond motifs is 1. The van der Waals surface area contributed by atoms with Crippen LogP contribution in [0.2, 0.25) is 0 Å². The van der Waals surface area contributed by atoms with Gasteiger partial charge in [0.05, 0.1) is 0 Å². The number of aryl methyl sites for hydroxylation is 2. The second kappa shape index (κ2) is 5.31. The molecule has 1 aliphatic rings. The summed E-state index contributed by atoms with van der Waals surface area (Å²) in [5.41, 5.74) is 5.05. The van der Waals surface area contributed by atoms with Crippen molar-refractivity contribution in [2.45, 2.75) is 46.0 Å². The zero-order valence-electron chi connectivity index (χ0n) is 10.8. The molecule has 0 saturated carbocycles. The Morgan fingerprint density at radius 2 is 2.06 bits per heavy atom. The normalized spacial score (nSPS) is 14.8. The van der Waals surface area contributed by atoms with Crippen molar-refractivity contribution in [2.75, 3.05) is 0 Å². The van der Waals surface area contributed by atoms with Crippen LogP contribution < -0.4 is 0 Å². The topological polar surface area (TPSA) is 17.1 Å². The number of hydrogen-bond acceptors (Lipinski definition) is 1. The Bertz CT molecular complexity index is 455. The number of rotatable bonds is 4. The fraction of sp³-hybridized carbons (Fsp3) is 0.438. The Hall–Kier alpha value is -1.37. The minimum atomic E-state index is 0.271. The summed E-state index contributed by atoms with van der Waals surface area (Å²) in [6.45, 7) is 3.98. The van der Waals surface area contributed by atoms with E-state index in [4.69, 9.17) is 0 Å². The summed E-state index contributed by atoms with van der Waals surface area (Å²) in [5, 5.41) is 0. The molecular formula is C16H20O. The summed E-state index contributed by atoms with van der Waals surface area (Å²) in [5.74, 6) is 0.271. The summed E-state index contributed by atoms with van der Waals surface area (Å²) in [6, 6.07) is 6.54. The lowest BCUT2D eigenvalue weighted by Crippen LogP contribution is -2.06. The van der Waals surface area contributed by atoms with Gasteiger partial charge in [-0.2, -0.15) is 0 Å². The summed E-state index contributed by atoms with van der Waals surface area (Å²) in [7, 11) is 0. The Kier molecular flexibility index (Phi) is 3.78. The lowest BCUT2D eigenvalue weighted by molar-refractivity contribution is -0.115. The second-order valence-electron chi connectivity index (χ2n) is 4.72. The molecule has 0 saturated heterocycles. The molecule has 90 valence electrons. The first-order chi connectivity index (χ1) is 8.24. The maximum atomic E-state index is 12.0. The van der Waals surface area contributed by atoms with Gasteiger partial charge in [0, 0.05) is 6.42 Å². The third-order valence-corrected chi connectivity index (χ3v) is 3.62. The third-order valence-electron chi connectivity index (χ3n) is 3.62. The SMILES string of the molecule is C/C=C(/CC)C(=O)Cc1ccc2c(c1)CCC2. The van der Waals surface area contributed by atoms with Crippen molar-refractivity contribution in [1.82, 2.24) is 0 Å². The summed E-state index contributed by atoms with van der Waals surface area (Å²) >= 11 is 0. The molecule has 0 aromatic heterocycles. The van der Waals surface area contributed by atoms with Gasteiger partial charge in [-0.3, -0.25) is 4.79 Å². The van der Waals surface area contributed by atoms with E-state index in [2.05, 4.69) is 18.2 Å². The van der Waals surface area contributed by atoms with Gasteiger partial charge in [0.2, 0.25) is 0 Å². The highest BCUT2D eigenvalue weighted by molar-refractivity contribution is 5.96. The minimum Gasteiger partial charge on any atom is -0.294 e. The first-order valence-electron chi connectivity index (χ1n) is 6.53. The number of Topliss-reactive ketones (excluding diaryl/α,β-unsaturated/α-hetero) is 1. The molecule has 0 aliphatic heterocycles. The molecule has 0 amide bonds. The van der Waals surface area contributed by atoms with Crippen LogP contribution in [-0.2, 0) is 24.1 Å². The van der Waals surface area contributed by atoms with Crippen molar-refractivity contribution < 1.29 is 4.79 Å². The van der Waals surface area contributed by atoms with Gasteiger partial charge in [0.25, 0.3) is 0 Å². The maximum absolute atomic E-state index is 12.0. The average Bonchev–Trinajstić information content (AvgIpc) is 2.77. The van der Waals surface area contributed by atoms with Gasteiger partial charge in [-0.1, -0.05) is 31.2 Å². The van der Waals surface area contributed by atoms with E-state index >= 15 is 0 Å². The van der Waals surface area contributed by atoms with Crippen LogP contribution in [0.1, 0.15) is 43.4 Å². The van der Waals surface area contributed by atoms with Crippen LogP contribution in [0.3, 0.4) is 0 Å². The Balaban J connectivity index is 2.12. The smallest absolute Gasteiger partial charge is 0.162 e. The predicted octanol–water partition coefficient (Wildman–Crippen LogP) is 3.64. The Labute approximate surface area is 104 Å². The van der Waals surface area contributed by atoms with Crippen LogP contribution in [0, 0.1) is 0 Å². The fourth-order valence-electron chi connectivity index (χ4n) is 2.60. The van der Waals surface area contributed by atoms with Crippen molar-refractivity contribution in [2.24, 2.45) is 0 Å². The molecule has 0 fully saturated rings. The quantitative estimate of drug-likeness (QED) is 0.719. The molecule has 0 spiro atoms. The summed E-state index contributed by atoms with van der Waals surface area (Å²) in [4.78, 5) is 12.0. The van der Waals surface area contributed by atoms with E-state index in [0.29, 0.717) is 6.42 Å². The number of allylic oxidation sites excluding steroid dienone is 2. The van der Waals surface area contributed by atoms with Crippen LogP contribution in [-0.4, -0.2) is 5.78 Å². The molecule has 1 nitrogen and oxygen atoms in total. The monoisotopic (exact) mass is 228 g/mol. The zero-order chi connectivity index (χ0) is 12.3. The maximum Gasteiger partial charge on any atom is 0.162 e. The van der Waals surface area contributed by atoms with Crippen molar-refractivity contribution in [3.8, 4) is 0 Å². The predicted molar refractivity (Wildman–Crippen MR) is 71.2 cm³/mol. The minimum absolute atomic E-state index is 0.271. The van der Waals surface area contributed by atoms with Crippen LogP contribution in [0.4, 0.5) is 0 Å². The molecule has 1 aliphatic carbocycles. The van der Waals surface area contributed by atoms with E-state index < -0.39 is 0 Å². The molecule has 0 bridgehead atoms. The van der Waals surface area contributed by atoms with Gasteiger partial charge >= 0.3 is 0 Å². The van der Waals surface area contributed by atoms with Gasteiger partial charge < -0.3 is 0 Å². The van der Waals surface area contributed by atoms with Gasteiger partial charge in [-0.25, -0.2) is 0 Å². The summed E-state index contributed by atoms with van der Waals surface area (Å²) < 4.78 is 0. The second-order valence-corrected chi connectivity index (χ2v) is 4.72. The number of carbonyl (C=O) groups excluding carboxylic acids is 1. The van der Waals surface area contributed by atoms with Gasteiger partial charge in [0.15, 0.2) is 5.78 Å². The first kappa shape index (κ1) is 12.1. The average molecular weight is 228 g/mol. The van der Waals surface area contributed by atoms with Crippen LogP contribution >= 0.6 is 0 Å². The molecule has 0 radical (unpaired) electrons. The van der Waals surface area contributed by atoms with Crippen molar-refractivity contribution >= 4 is 5.78 Å². The highest BCUT2D eigenvalue weighted by Crippen LogP contribution is 2.23. The number of ketones is 1. The summed E-state index contributed by atoms with van der Waals surface area (Å²) in [6.07, 6.45) is 6.98. The van der Waals surface area contributed by atoms with Gasteiger partial charge in [-0.15, -0.1) is 0 Å². The first-order valence-corrected chi connectivity index (χ1v) is 6.53. The van der Waals surface area contributed by atoms with Crippen molar-refractivity contribution in [1.29, 1.82) is 0 Å². The molecule has 1 aromatic rings. The lowest BCUT2D eigenvalue weighted by Gasteiger charge is -2.06. The van der Waals surface area contributed by atoms with Crippen LogP contribution in [0.5, 0.6) is 0 Å². The molecule has 0 unspecified atom stereocenters. The van der Waals surface area contributed by atoms with Gasteiger partial charge in [0.1, 0.15) is 0 Å². The van der Waals surface area contributed by atoms with E-state index in [0.717, 1.165) is 12.0 Å². The van der Waals surface area contributed by atoms with E-state index in [1.165, 1.54) is 36.0 Å². The van der Waals surface area contributed by atoms with Crippen molar-refractivity contribution in [3.05, 3.63) is 46.5 Å². The molecule has 0 N–H and O–H groups in total. The molecule has 1 heteroatoms. The molecular weight excluding hydrogens is 208 g/mol. The number of hydrogen-bond donors (Lipinski definition) is 0. The highest BCUT2D eigenvalue weighted by Gasteiger charge is 2.13. The zero-order valence-corrected chi connectivity index (χ0v) is 10.8. The molecule has 17 heavy (non-hydrogen) atoms. The van der Waals surface area contributed by atoms with Crippen LogP contribution in [0.15, 0.2) is 29.8 Å². The fourth-order valence-corrected chi connectivity index (χ4v) is 2.60. The Morgan fingerprint density at radius 3 is 2.76 bits per heavy atom. The molecule has 1 aromatic carbocycles. The standard InChI is InChI=1S/C16H20O/c1-3-13(4-2)16(17)11-12-8-9-14-6-5-7-15(14)10-12/h3,8-10H,4-7,11H2,1-2H3/b13-3-. The third kappa shape index (κ3) is 2.66. The molecule has 0 atom stereocenters.